The van der Waals surface area contributed by atoms with E-state index >= 15 is 0 Å². The van der Waals surface area contributed by atoms with Crippen molar-refractivity contribution in [3.8, 4) is 5.75 Å². The SMILES string of the molecule is O=c1c(=Cc2cc(Br)cc(Br)c2O)sc2n1C(c1ccccc1)C1=C(N=2)c2ccccc2CC1. The topological polar surface area (TPSA) is 54.6 Å². The highest BCUT2D eigenvalue weighted by Crippen LogP contribution is 2.41. The van der Waals surface area contributed by atoms with Gasteiger partial charge in [0.1, 0.15) is 5.75 Å². The van der Waals surface area contributed by atoms with E-state index in [0.717, 1.165) is 34.1 Å². The molecule has 0 bridgehead atoms. The number of aromatic nitrogens is 1. The second-order valence-corrected chi connectivity index (χ2v) is 11.1. The van der Waals surface area contributed by atoms with Crippen LogP contribution in [0.5, 0.6) is 5.75 Å². The molecule has 1 atom stereocenters. The van der Waals surface area contributed by atoms with Gasteiger partial charge in [-0.1, -0.05) is 81.9 Å². The number of thiazole rings is 1. The van der Waals surface area contributed by atoms with Gasteiger partial charge in [0.2, 0.25) is 0 Å². The summed E-state index contributed by atoms with van der Waals surface area (Å²) in [7, 11) is 0. The van der Waals surface area contributed by atoms with Gasteiger partial charge < -0.3 is 5.11 Å². The average molecular weight is 594 g/mol. The molecule has 2 heterocycles. The van der Waals surface area contributed by atoms with E-state index in [-0.39, 0.29) is 17.4 Å². The second-order valence-electron chi connectivity index (χ2n) is 8.35. The van der Waals surface area contributed by atoms with Crippen LogP contribution >= 0.6 is 43.2 Å². The second kappa shape index (κ2) is 8.48. The van der Waals surface area contributed by atoms with E-state index in [0.29, 0.717) is 19.4 Å². The van der Waals surface area contributed by atoms with E-state index in [9.17, 15) is 9.90 Å². The number of phenolic OH excluding ortho intramolecular Hbond substituents is 1. The van der Waals surface area contributed by atoms with Crippen LogP contribution in [0.3, 0.4) is 0 Å². The predicted molar refractivity (Wildman–Crippen MR) is 143 cm³/mol. The molecule has 0 fully saturated rings. The van der Waals surface area contributed by atoms with E-state index in [1.54, 1.807) is 18.2 Å². The molecule has 1 N–H and O–H groups in total. The van der Waals surface area contributed by atoms with Gasteiger partial charge in [0.05, 0.1) is 20.7 Å². The first-order valence-corrected chi connectivity index (χ1v) is 13.3. The maximum atomic E-state index is 13.8. The summed E-state index contributed by atoms with van der Waals surface area (Å²) in [6.45, 7) is 0. The van der Waals surface area contributed by atoms with E-state index in [4.69, 9.17) is 4.99 Å². The highest BCUT2D eigenvalue weighted by molar-refractivity contribution is 9.11. The number of aromatic hydroxyl groups is 1. The zero-order valence-corrected chi connectivity index (χ0v) is 21.8. The van der Waals surface area contributed by atoms with Crippen molar-refractivity contribution < 1.29 is 5.11 Å². The molecule has 0 saturated heterocycles. The van der Waals surface area contributed by atoms with Gasteiger partial charge in [-0.3, -0.25) is 9.36 Å². The normalized spacial score (nSPS) is 17.1. The van der Waals surface area contributed by atoms with Crippen LogP contribution in [0.2, 0.25) is 0 Å². The summed E-state index contributed by atoms with van der Waals surface area (Å²) in [5, 5.41) is 10.5. The highest BCUT2D eigenvalue weighted by Gasteiger charge is 2.32. The first-order valence-electron chi connectivity index (χ1n) is 10.9. The molecule has 4 aromatic rings. The highest BCUT2D eigenvalue weighted by atomic mass is 79.9. The number of benzene rings is 3. The van der Waals surface area contributed by atoms with Crippen LogP contribution in [-0.4, -0.2) is 9.67 Å². The minimum absolute atomic E-state index is 0.0986. The van der Waals surface area contributed by atoms with Crippen molar-refractivity contribution in [2.45, 2.75) is 18.9 Å². The van der Waals surface area contributed by atoms with E-state index in [1.807, 2.05) is 28.8 Å². The Labute approximate surface area is 216 Å². The summed E-state index contributed by atoms with van der Waals surface area (Å²) in [5.41, 5.74) is 6.14. The van der Waals surface area contributed by atoms with Crippen LogP contribution in [0, 0.1) is 0 Å². The molecule has 4 nitrogen and oxygen atoms in total. The van der Waals surface area contributed by atoms with E-state index in [1.165, 1.54) is 22.5 Å². The molecule has 0 amide bonds. The Bertz CT molecular complexity index is 1670. The lowest BCUT2D eigenvalue weighted by Crippen LogP contribution is -2.38. The third kappa shape index (κ3) is 3.54. The first kappa shape index (κ1) is 21.8. The van der Waals surface area contributed by atoms with Gasteiger partial charge in [0, 0.05) is 15.6 Å². The van der Waals surface area contributed by atoms with Gasteiger partial charge in [-0.15, -0.1) is 0 Å². The Balaban J connectivity index is 1.64. The summed E-state index contributed by atoms with van der Waals surface area (Å²) in [4.78, 5) is 19.5. The number of aryl methyl sites for hydroxylation is 1. The summed E-state index contributed by atoms with van der Waals surface area (Å²) in [6, 6.07) is 21.9. The van der Waals surface area contributed by atoms with Crippen LogP contribution in [-0.2, 0) is 6.42 Å². The van der Waals surface area contributed by atoms with Crippen LogP contribution in [0.15, 0.2) is 91.0 Å². The van der Waals surface area contributed by atoms with Crippen LogP contribution in [0.25, 0.3) is 11.8 Å². The minimum Gasteiger partial charge on any atom is -0.506 e. The van der Waals surface area contributed by atoms with Crippen molar-refractivity contribution in [3.63, 3.8) is 0 Å². The fourth-order valence-corrected chi connectivity index (χ4v) is 7.04. The molecule has 1 aliphatic carbocycles. The number of phenols is 1. The standard InChI is InChI=1S/C27H18Br2N2O2S/c28-18-12-17(25(32)21(29)14-18)13-22-26(33)31-24(16-7-2-1-3-8-16)20-11-10-15-6-4-5-9-19(15)23(20)30-27(31)34-22/h1-9,12-14,24,32H,10-11H2. The number of halogens is 2. The number of allylic oxidation sites excluding steroid dienone is 1. The monoisotopic (exact) mass is 592 g/mol. The summed E-state index contributed by atoms with van der Waals surface area (Å²) in [6.07, 6.45) is 3.53. The number of fused-ring (bicyclic) bond motifs is 3. The molecule has 0 saturated carbocycles. The number of rotatable bonds is 2. The predicted octanol–water partition coefficient (Wildman–Crippen LogP) is 5.55. The molecular formula is C27H18Br2N2O2S. The quantitative estimate of drug-likeness (QED) is 0.331. The fourth-order valence-electron chi connectivity index (χ4n) is 4.79. The molecule has 0 spiro atoms. The van der Waals surface area contributed by atoms with Gasteiger partial charge in [0.15, 0.2) is 4.80 Å². The minimum atomic E-state index is -0.203. The van der Waals surface area contributed by atoms with Crippen LogP contribution in [0.1, 0.15) is 34.7 Å². The first-order chi connectivity index (χ1) is 16.5. The Kier molecular flexibility index (Phi) is 5.43. The van der Waals surface area contributed by atoms with Gasteiger partial charge in [-0.05, 0) is 63.7 Å². The molecule has 1 unspecified atom stereocenters. The largest absolute Gasteiger partial charge is 0.506 e. The van der Waals surface area contributed by atoms with E-state index < -0.39 is 0 Å². The zero-order valence-electron chi connectivity index (χ0n) is 17.8. The van der Waals surface area contributed by atoms with Crippen molar-refractivity contribution >= 4 is 55.0 Å². The van der Waals surface area contributed by atoms with Gasteiger partial charge in [-0.2, -0.15) is 0 Å². The van der Waals surface area contributed by atoms with Gasteiger partial charge in [0.25, 0.3) is 5.56 Å². The lowest BCUT2D eigenvalue weighted by molar-refractivity contribution is 0.470. The smallest absolute Gasteiger partial charge is 0.271 e. The van der Waals surface area contributed by atoms with Gasteiger partial charge >= 0.3 is 0 Å². The molecule has 1 aliphatic heterocycles. The summed E-state index contributed by atoms with van der Waals surface area (Å²) >= 11 is 8.20. The van der Waals surface area contributed by atoms with Crippen molar-refractivity contribution in [1.82, 2.24) is 4.57 Å². The molecule has 3 aromatic carbocycles. The Morgan fingerprint density at radius 3 is 2.62 bits per heavy atom. The zero-order chi connectivity index (χ0) is 23.4. The average Bonchev–Trinajstić information content (AvgIpc) is 3.16. The van der Waals surface area contributed by atoms with Crippen molar-refractivity contribution in [2.75, 3.05) is 0 Å². The van der Waals surface area contributed by atoms with Gasteiger partial charge in [-0.25, -0.2) is 4.99 Å². The Hall–Kier alpha value is -2.74. The van der Waals surface area contributed by atoms with Crippen molar-refractivity contribution in [3.05, 3.63) is 123 Å². The molecular weight excluding hydrogens is 576 g/mol. The summed E-state index contributed by atoms with van der Waals surface area (Å²) in [5.74, 6) is 0.0990. The maximum Gasteiger partial charge on any atom is 0.271 e. The Morgan fingerprint density at radius 2 is 1.79 bits per heavy atom. The molecule has 34 heavy (non-hydrogen) atoms. The lowest BCUT2D eigenvalue weighted by Gasteiger charge is -2.30. The van der Waals surface area contributed by atoms with E-state index in [2.05, 4.69) is 62.2 Å². The number of hydrogen-bond donors (Lipinski definition) is 1. The molecule has 1 aromatic heterocycles. The number of hydrogen-bond acceptors (Lipinski definition) is 4. The maximum absolute atomic E-state index is 13.8. The summed E-state index contributed by atoms with van der Waals surface area (Å²) < 4.78 is 3.73. The van der Waals surface area contributed by atoms with Crippen molar-refractivity contribution in [2.24, 2.45) is 4.99 Å². The molecule has 7 heteroatoms. The molecule has 168 valence electrons. The molecule has 2 aliphatic rings. The lowest BCUT2D eigenvalue weighted by atomic mass is 9.83. The molecule has 6 rings (SSSR count). The number of nitrogens with zero attached hydrogens (tertiary/aromatic N) is 2. The third-order valence-corrected chi connectivity index (χ3v) is 8.38. The fraction of sp³-hybridized carbons (Fsp3) is 0.111. The Morgan fingerprint density at radius 1 is 1.03 bits per heavy atom. The van der Waals surface area contributed by atoms with Crippen LogP contribution in [0.4, 0.5) is 0 Å². The third-order valence-electron chi connectivity index (χ3n) is 6.33. The van der Waals surface area contributed by atoms with Crippen LogP contribution < -0.4 is 14.9 Å². The molecule has 0 radical (unpaired) electrons. The van der Waals surface area contributed by atoms with Crippen molar-refractivity contribution in [1.29, 1.82) is 0 Å².